The van der Waals surface area contributed by atoms with Crippen LogP contribution in [0.25, 0.3) is 0 Å². The lowest BCUT2D eigenvalue weighted by Crippen LogP contribution is -2.25. The smallest absolute Gasteiger partial charge is 0.124 e. The molecule has 1 N–H and O–H groups in total. The number of methoxy groups -OCH3 is 1. The average Bonchev–Trinajstić information content (AvgIpc) is 2.48. The minimum Gasteiger partial charge on any atom is -0.496 e. The molecule has 0 heterocycles. The van der Waals surface area contributed by atoms with Crippen molar-refractivity contribution >= 4 is 15.9 Å². The van der Waals surface area contributed by atoms with Crippen LogP contribution in [-0.2, 0) is 0 Å². The lowest BCUT2D eigenvalue weighted by molar-refractivity contribution is 0.353. The van der Waals surface area contributed by atoms with Crippen molar-refractivity contribution in [3.05, 3.63) is 28.2 Å². The molecule has 0 spiro atoms. The van der Waals surface area contributed by atoms with E-state index in [1.807, 2.05) is 0 Å². The maximum absolute atomic E-state index is 5.57. The molecule has 1 atom stereocenters. The first-order valence-corrected chi connectivity index (χ1v) is 8.52. The molecule has 1 unspecified atom stereocenters. The fraction of sp³-hybridized carbons (Fsp3) is 0.647. The first-order chi connectivity index (χ1) is 9.65. The van der Waals surface area contributed by atoms with Crippen LogP contribution in [0.3, 0.4) is 0 Å². The van der Waals surface area contributed by atoms with Gasteiger partial charge < -0.3 is 10.1 Å². The van der Waals surface area contributed by atoms with E-state index in [9.17, 15) is 0 Å². The van der Waals surface area contributed by atoms with Gasteiger partial charge in [-0.2, -0.15) is 0 Å². The highest BCUT2D eigenvalue weighted by molar-refractivity contribution is 9.10. The molecule has 1 rings (SSSR count). The quantitative estimate of drug-likeness (QED) is 0.655. The molecule has 114 valence electrons. The van der Waals surface area contributed by atoms with Crippen LogP contribution in [0.5, 0.6) is 5.75 Å². The number of hydrogen-bond donors (Lipinski definition) is 1. The summed E-state index contributed by atoms with van der Waals surface area (Å²) in [7, 11) is 1.75. The number of nitrogens with one attached hydrogen (secondary N) is 1. The van der Waals surface area contributed by atoms with Gasteiger partial charge in [-0.05, 0) is 37.4 Å². The van der Waals surface area contributed by atoms with Gasteiger partial charge in [0.2, 0.25) is 0 Å². The van der Waals surface area contributed by atoms with E-state index < -0.39 is 0 Å². The topological polar surface area (TPSA) is 21.3 Å². The monoisotopic (exact) mass is 341 g/mol. The first-order valence-electron chi connectivity index (χ1n) is 7.72. The molecule has 0 aliphatic heterocycles. The Morgan fingerprint density at radius 1 is 1.20 bits per heavy atom. The summed E-state index contributed by atoms with van der Waals surface area (Å²) in [5.74, 6) is 1.73. The van der Waals surface area contributed by atoms with Crippen molar-refractivity contribution in [2.24, 2.45) is 5.92 Å². The van der Waals surface area contributed by atoms with Crippen LogP contribution in [0.15, 0.2) is 22.7 Å². The highest BCUT2D eigenvalue weighted by atomic mass is 79.9. The highest BCUT2D eigenvalue weighted by Gasteiger charge is 2.19. The summed E-state index contributed by atoms with van der Waals surface area (Å²) < 4.78 is 6.63. The van der Waals surface area contributed by atoms with E-state index in [-0.39, 0.29) is 0 Å². The molecule has 2 nitrogen and oxygen atoms in total. The number of ether oxygens (including phenoxy) is 1. The third-order valence-electron chi connectivity index (χ3n) is 3.94. The Hall–Kier alpha value is -0.540. The molecule has 0 saturated carbocycles. The third-order valence-corrected chi connectivity index (χ3v) is 4.43. The Bertz CT molecular complexity index is 391. The van der Waals surface area contributed by atoms with Crippen LogP contribution in [0.2, 0.25) is 0 Å². The molecular formula is C17H28BrNO. The summed E-state index contributed by atoms with van der Waals surface area (Å²) in [5.41, 5.74) is 1.27. The fourth-order valence-corrected chi connectivity index (χ4v) is 2.91. The van der Waals surface area contributed by atoms with Crippen molar-refractivity contribution in [3.63, 3.8) is 0 Å². The van der Waals surface area contributed by atoms with Crippen LogP contribution in [0.1, 0.15) is 58.1 Å². The van der Waals surface area contributed by atoms with Crippen LogP contribution in [0, 0.1) is 5.92 Å². The zero-order valence-corrected chi connectivity index (χ0v) is 14.8. The van der Waals surface area contributed by atoms with Gasteiger partial charge in [0, 0.05) is 16.1 Å². The summed E-state index contributed by atoms with van der Waals surface area (Å²) in [6, 6.07) is 6.72. The van der Waals surface area contributed by atoms with Crippen LogP contribution in [-0.4, -0.2) is 13.7 Å². The summed E-state index contributed by atoms with van der Waals surface area (Å²) in [5, 5.41) is 3.68. The molecule has 1 aromatic carbocycles. The van der Waals surface area contributed by atoms with E-state index in [0.717, 1.165) is 29.1 Å². The minimum absolute atomic E-state index is 0.378. The molecule has 0 aliphatic rings. The second-order valence-electron chi connectivity index (χ2n) is 5.31. The van der Waals surface area contributed by atoms with Crippen molar-refractivity contribution in [2.45, 2.75) is 52.5 Å². The first kappa shape index (κ1) is 17.5. The molecule has 0 fully saturated rings. The van der Waals surface area contributed by atoms with Gasteiger partial charge in [-0.25, -0.2) is 0 Å². The van der Waals surface area contributed by atoms with E-state index >= 15 is 0 Å². The zero-order chi connectivity index (χ0) is 15.0. The molecule has 0 aromatic heterocycles. The lowest BCUT2D eigenvalue weighted by atomic mass is 9.90. The van der Waals surface area contributed by atoms with Crippen LogP contribution in [0.4, 0.5) is 0 Å². The molecule has 0 radical (unpaired) electrons. The summed E-state index contributed by atoms with van der Waals surface area (Å²) in [6.45, 7) is 7.82. The average molecular weight is 342 g/mol. The molecule has 0 bridgehead atoms. The van der Waals surface area contributed by atoms with Gasteiger partial charge in [0.1, 0.15) is 5.75 Å². The molecular weight excluding hydrogens is 314 g/mol. The van der Waals surface area contributed by atoms with E-state index in [4.69, 9.17) is 4.74 Å². The van der Waals surface area contributed by atoms with Gasteiger partial charge in [0.15, 0.2) is 0 Å². The predicted molar refractivity (Wildman–Crippen MR) is 90.4 cm³/mol. The number of hydrogen-bond acceptors (Lipinski definition) is 2. The minimum atomic E-state index is 0.378. The van der Waals surface area contributed by atoms with Gasteiger partial charge in [0.25, 0.3) is 0 Å². The highest BCUT2D eigenvalue weighted by Crippen LogP contribution is 2.33. The Morgan fingerprint density at radius 2 is 1.90 bits per heavy atom. The van der Waals surface area contributed by atoms with Crippen molar-refractivity contribution in [2.75, 3.05) is 13.7 Å². The van der Waals surface area contributed by atoms with Gasteiger partial charge in [-0.1, -0.05) is 55.6 Å². The fourth-order valence-electron chi connectivity index (χ4n) is 2.57. The maximum atomic E-state index is 5.57. The maximum Gasteiger partial charge on any atom is 0.124 e. The zero-order valence-electron chi connectivity index (χ0n) is 13.2. The Balaban J connectivity index is 2.96. The molecule has 0 saturated heterocycles. The van der Waals surface area contributed by atoms with Gasteiger partial charge in [-0.3, -0.25) is 0 Å². The largest absolute Gasteiger partial charge is 0.496 e. The molecule has 1 aromatic rings. The third kappa shape index (κ3) is 5.10. The Kier molecular flexibility index (Phi) is 8.24. The molecule has 0 aliphatic carbocycles. The van der Waals surface area contributed by atoms with Crippen molar-refractivity contribution in [3.8, 4) is 5.75 Å². The Morgan fingerprint density at radius 3 is 2.45 bits per heavy atom. The summed E-state index contributed by atoms with van der Waals surface area (Å²) >= 11 is 3.52. The SMILES string of the molecule is CCCNC(CC(CC)CC)c1ccc(Br)cc1OC. The van der Waals surface area contributed by atoms with Gasteiger partial charge >= 0.3 is 0 Å². The van der Waals surface area contributed by atoms with Crippen LogP contribution >= 0.6 is 15.9 Å². The van der Waals surface area contributed by atoms with Crippen molar-refractivity contribution < 1.29 is 4.74 Å². The van der Waals surface area contributed by atoms with Gasteiger partial charge in [0.05, 0.1) is 7.11 Å². The van der Waals surface area contributed by atoms with Crippen molar-refractivity contribution in [1.29, 1.82) is 0 Å². The summed E-state index contributed by atoms with van der Waals surface area (Å²) in [6.07, 6.45) is 4.79. The van der Waals surface area contributed by atoms with E-state index in [1.54, 1.807) is 7.11 Å². The number of rotatable bonds is 9. The standard InChI is InChI=1S/C17H28BrNO/c1-5-10-19-16(11-13(6-2)7-3)15-9-8-14(18)12-17(15)20-4/h8-9,12-13,16,19H,5-7,10-11H2,1-4H3. The Labute approximate surface area is 132 Å². The normalized spacial score (nSPS) is 12.7. The second-order valence-corrected chi connectivity index (χ2v) is 6.23. The lowest BCUT2D eigenvalue weighted by Gasteiger charge is -2.25. The second kappa shape index (κ2) is 9.41. The van der Waals surface area contributed by atoms with E-state index in [0.29, 0.717) is 6.04 Å². The number of benzene rings is 1. The molecule has 3 heteroatoms. The van der Waals surface area contributed by atoms with Crippen molar-refractivity contribution in [1.82, 2.24) is 5.32 Å². The number of halogens is 1. The van der Waals surface area contributed by atoms with E-state index in [1.165, 1.54) is 24.8 Å². The van der Waals surface area contributed by atoms with Crippen LogP contribution < -0.4 is 10.1 Å². The summed E-state index contributed by atoms with van der Waals surface area (Å²) in [4.78, 5) is 0. The van der Waals surface area contributed by atoms with Gasteiger partial charge in [-0.15, -0.1) is 0 Å². The predicted octanol–water partition coefficient (Wildman–Crippen LogP) is 5.32. The molecule has 20 heavy (non-hydrogen) atoms. The molecule has 0 amide bonds. The van der Waals surface area contributed by atoms with E-state index in [2.05, 4.69) is 60.2 Å².